The van der Waals surface area contributed by atoms with Gasteiger partial charge in [0.05, 0.1) is 10.4 Å². The minimum absolute atomic E-state index is 0.0987. The summed E-state index contributed by atoms with van der Waals surface area (Å²) >= 11 is 5.94. The van der Waals surface area contributed by atoms with E-state index in [-0.39, 0.29) is 10.7 Å². The number of rotatable bonds is 8. The number of aromatic nitrogens is 1. The summed E-state index contributed by atoms with van der Waals surface area (Å²) in [7, 11) is -10.8. The van der Waals surface area contributed by atoms with Crippen molar-refractivity contribution in [3.8, 4) is 0 Å². The van der Waals surface area contributed by atoms with Crippen molar-refractivity contribution in [3.63, 3.8) is 0 Å². The zero-order valence-electron chi connectivity index (χ0n) is 17.5. The smallest absolute Gasteiger partial charge is 0.288 e. The number of nitro groups is 1. The van der Waals surface area contributed by atoms with Crippen molar-refractivity contribution in [2.45, 2.75) is 20.3 Å². The van der Waals surface area contributed by atoms with Crippen LogP contribution in [0, 0.1) is 10.1 Å². The van der Waals surface area contributed by atoms with Crippen molar-refractivity contribution in [3.05, 3.63) is 39.5 Å². The first kappa shape index (κ1) is 31.3. The normalized spacial score (nSPS) is 11.3. The molecular formula is C16H21ClN4O10P2-6. The Bertz CT molecular complexity index is 960. The Labute approximate surface area is 194 Å². The number of halogens is 1. The monoisotopic (exact) mass is 526 g/mol. The number of hydrogen-bond donors (Lipinski definition) is 1. The van der Waals surface area contributed by atoms with Crippen LogP contribution in [0.25, 0.3) is 10.9 Å². The number of nitrogens with zero attached hydrogens (tertiary/aromatic N) is 3. The van der Waals surface area contributed by atoms with E-state index in [0.717, 1.165) is 38.3 Å². The third-order valence-corrected chi connectivity index (χ3v) is 4.17. The molecule has 0 atom stereocenters. The van der Waals surface area contributed by atoms with Crippen LogP contribution in [0.5, 0.6) is 0 Å². The maximum absolute atomic E-state index is 11.1. The fourth-order valence-electron chi connectivity index (χ4n) is 2.52. The van der Waals surface area contributed by atoms with Gasteiger partial charge in [-0.1, -0.05) is 25.4 Å². The standard InChI is InChI=1S/C16H21ClN4O2.2H3O4P/c1-3-20(4-2)9-5-7-18-14-6-8-19-15-11-13(17)16(21(22)23)10-12(14)15;2*1-5(2,3)4/h6,8,10-11H,3-5,7,9H2,1-2H3,(H,18,19);2*(H3,1,2,3,4)/p-6. The van der Waals surface area contributed by atoms with Gasteiger partial charge < -0.3 is 48.7 Å². The average molecular weight is 527 g/mol. The summed E-state index contributed by atoms with van der Waals surface area (Å²) in [6.07, 6.45) is 2.68. The Hall–Kier alpha value is -1.70. The molecule has 33 heavy (non-hydrogen) atoms. The lowest BCUT2D eigenvalue weighted by atomic mass is 10.1. The fourth-order valence-corrected chi connectivity index (χ4v) is 2.74. The molecule has 0 saturated heterocycles. The number of nitro benzene ring substituents is 1. The lowest BCUT2D eigenvalue weighted by molar-refractivity contribution is -0.434. The van der Waals surface area contributed by atoms with Crippen molar-refractivity contribution in [2.24, 2.45) is 0 Å². The lowest BCUT2D eigenvalue weighted by Gasteiger charge is -2.36. The van der Waals surface area contributed by atoms with E-state index in [0.29, 0.717) is 10.9 Å². The summed E-state index contributed by atoms with van der Waals surface area (Å²) in [6.45, 7) is 8.20. The molecule has 0 bridgehead atoms. The summed E-state index contributed by atoms with van der Waals surface area (Å²) in [5.41, 5.74) is 1.39. The van der Waals surface area contributed by atoms with Crippen molar-refractivity contribution in [2.75, 3.05) is 31.5 Å². The van der Waals surface area contributed by atoms with Crippen LogP contribution in [-0.4, -0.2) is 41.0 Å². The number of phosphoric acid groups is 2. The number of nitrogens with one attached hydrogen (secondary N) is 1. The minimum Gasteiger partial charge on any atom is -0.822 e. The van der Waals surface area contributed by atoms with Crippen LogP contribution in [0.3, 0.4) is 0 Å². The molecule has 1 aromatic carbocycles. The largest absolute Gasteiger partial charge is 0.822 e. The molecule has 2 rings (SSSR count). The molecule has 0 aliphatic rings. The van der Waals surface area contributed by atoms with E-state index in [9.17, 15) is 10.1 Å². The number of benzene rings is 1. The predicted octanol–water partition coefficient (Wildman–Crippen LogP) is -1.71. The topological polar surface area (TPSA) is 244 Å². The van der Waals surface area contributed by atoms with E-state index < -0.39 is 20.6 Å². The second-order valence-electron chi connectivity index (χ2n) is 6.14. The molecular weight excluding hydrogens is 506 g/mol. The van der Waals surface area contributed by atoms with Crippen LogP contribution in [0.15, 0.2) is 24.4 Å². The fraction of sp³-hybridized carbons (Fsp3) is 0.438. The van der Waals surface area contributed by atoms with Gasteiger partial charge in [0, 0.05) is 29.9 Å². The molecule has 2 aromatic rings. The van der Waals surface area contributed by atoms with Crippen molar-refractivity contribution < 1.29 is 43.4 Å². The minimum atomic E-state index is -5.39. The summed E-state index contributed by atoms with van der Waals surface area (Å²) in [6, 6.07) is 4.85. The van der Waals surface area contributed by atoms with E-state index in [1.165, 1.54) is 12.1 Å². The molecule has 0 spiro atoms. The zero-order chi connectivity index (χ0) is 25.8. The molecule has 17 heteroatoms. The van der Waals surface area contributed by atoms with E-state index >= 15 is 0 Å². The third kappa shape index (κ3) is 15.7. The Morgan fingerprint density at radius 2 is 1.58 bits per heavy atom. The van der Waals surface area contributed by atoms with Gasteiger partial charge in [-0.05, 0) is 38.2 Å². The van der Waals surface area contributed by atoms with Gasteiger partial charge in [0.15, 0.2) is 0 Å². The van der Waals surface area contributed by atoms with Gasteiger partial charge in [0.2, 0.25) is 0 Å². The van der Waals surface area contributed by atoms with Gasteiger partial charge in [-0.15, -0.1) is 0 Å². The molecule has 0 aliphatic carbocycles. The summed E-state index contributed by atoms with van der Waals surface area (Å²) in [4.78, 5) is 68.5. The Morgan fingerprint density at radius 1 is 1.06 bits per heavy atom. The second-order valence-corrected chi connectivity index (χ2v) is 8.33. The number of pyridine rings is 1. The first-order valence-corrected chi connectivity index (χ1v) is 12.5. The Kier molecular flexibility index (Phi) is 13.8. The first-order valence-electron chi connectivity index (χ1n) is 9.21. The molecule has 1 aromatic heterocycles. The highest BCUT2D eigenvalue weighted by Gasteiger charge is 2.15. The molecule has 188 valence electrons. The van der Waals surface area contributed by atoms with Crippen molar-refractivity contribution >= 4 is 49.5 Å². The van der Waals surface area contributed by atoms with Gasteiger partial charge in [0.25, 0.3) is 5.69 Å². The molecule has 0 amide bonds. The highest BCUT2D eigenvalue weighted by molar-refractivity contribution is 7.40. The molecule has 0 fully saturated rings. The van der Waals surface area contributed by atoms with Crippen LogP contribution in [0.4, 0.5) is 11.4 Å². The SMILES string of the molecule is CCN(CC)CCCNc1ccnc2cc(Cl)c([N+](=O)[O-])cc12.O=P([O-])([O-])[O-].O=P([O-])([O-])[O-]. The summed E-state index contributed by atoms with van der Waals surface area (Å²) in [5.74, 6) is 0. The summed E-state index contributed by atoms with van der Waals surface area (Å²) < 4.78 is 17.1. The van der Waals surface area contributed by atoms with Crippen molar-refractivity contribution in [1.29, 1.82) is 0 Å². The molecule has 0 unspecified atom stereocenters. The van der Waals surface area contributed by atoms with Gasteiger partial charge in [-0.3, -0.25) is 15.1 Å². The molecule has 0 radical (unpaired) electrons. The Morgan fingerprint density at radius 3 is 2.03 bits per heavy atom. The molecule has 0 aliphatic heterocycles. The van der Waals surface area contributed by atoms with E-state index in [4.69, 9.17) is 50.1 Å². The number of hydrogen-bond acceptors (Lipinski definition) is 13. The predicted molar refractivity (Wildman–Crippen MR) is 110 cm³/mol. The summed E-state index contributed by atoms with van der Waals surface area (Å²) in [5, 5.41) is 15.2. The quantitative estimate of drug-likeness (QED) is 0.174. The van der Waals surface area contributed by atoms with Gasteiger partial charge >= 0.3 is 0 Å². The van der Waals surface area contributed by atoms with Gasteiger partial charge in [0.1, 0.15) is 5.02 Å². The lowest BCUT2D eigenvalue weighted by Crippen LogP contribution is -2.25. The molecule has 14 nitrogen and oxygen atoms in total. The first-order chi connectivity index (χ1) is 15.1. The maximum atomic E-state index is 11.1. The van der Waals surface area contributed by atoms with Crippen LogP contribution in [-0.2, 0) is 9.13 Å². The highest BCUT2D eigenvalue weighted by Crippen LogP contribution is 2.32. The number of fused-ring (bicyclic) bond motifs is 1. The van der Waals surface area contributed by atoms with E-state index in [1.807, 2.05) is 6.07 Å². The van der Waals surface area contributed by atoms with Gasteiger partial charge in [-0.2, -0.15) is 15.6 Å². The highest BCUT2D eigenvalue weighted by atomic mass is 35.5. The van der Waals surface area contributed by atoms with E-state index in [1.54, 1.807) is 6.20 Å². The Balaban J connectivity index is 0.000000859. The third-order valence-electron chi connectivity index (χ3n) is 3.87. The molecule has 1 N–H and O–H groups in total. The van der Waals surface area contributed by atoms with E-state index in [2.05, 4.69) is 29.0 Å². The molecule has 1 heterocycles. The van der Waals surface area contributed by atoms with Crippen molar-refractivity contribution in [1.82, 2.24) is 9.88 Å². The maximum Gasteiger partial charge on any atom is 0.288 e. The van der Waals surface area contributed by atoms with Crippen LogP contribution < -0.4 is 34.7 Å². The molecule has 0 saturated carbocycles. The van der Waals surface area contributed by atoms with Crippen LogP contribution in [0.1, 0.15) is 20.3 Å². The van der Waals surface area contributed by atoms with Gasteiger partial charge in [-0.25, -0.2) is 0 Å². The van der Waals surface area contributed by atoms with Crippen LogP contribution >= 0.6 is 27.2 Å². The average Bonchev–Trinajstić information content (AvgIpc) is 2.64. The number of anilines is 1. The van der Waals surface area contributed by atoms with Crippen LogP contribution in [0.2, 0.25) is 5.02 Å². The second kappa shape index (κ2) is 14.5. The zero-order valence-corrected chi connectivity index (χ0v) is 20.1.